The van der Waals surface area contributed by atoms with Crippen LogP contribution in [0.3, 0.4) is 0 Å². The Morgan fingerprint density at radius 2 is 2.15 bits per heavy atom. The molecule has 2 aromatic heterocycles. The average molecular weight is 368 g/mol. The van der Waals surface area contributed by atoms with Crippen LogP contribution in [0.2, 0.25) is 0 Å². The molecule has 0 spiro atoms. The molecule has 2 aliphatic heterocycles. The zero-order valence-electron chi connectivity index (χ0n) is 15.6. The molecule has 4 heterocycles. The molecule has 1 atom stereocenters. The predicted molar refractivity (Wildman–Crippen MR) is 98.3 cm³/mol. The summed E-state index contributed by atoms with van der Waals surface area (Å²) >= 11 is 0. The molecule has 27 heavy (non-hydrogen) atoms. The van der Waals surface area contributed by atoms with Gasteiger partial charge in [0.05, 0.1) is 17.8 Å². The van der Waals surface area contributed by atoms with Crippen LogP contribution in [0.4, 0.5) is 0 Å². The summed E-state index contributed by atoms with van der Waals surface area (Å²) < 4.78 is 1.87. The van der Waals surface area contributed by atoms with E-state index in [9.17, 15) is 9.59 Å². The number of pyridine rings is 1. The Bertz CT molecular complexity index is 876. The highest BCUT2D eigenvalue weighted by Crippen LogP contribution is 2.32. The third-order valence-corrected chi connectivity index (χ3v) is 5.27. The molecule has 0 aliphatic carbocycles. The van der Waals surface area contributed by atoms with Crippen LogP contribution in [0.1, 0.15) is 31.5 Å². The topological polar surface area (TPSA) is 97.3 Å². The number of carbonyl (C=O) groups is 2. The number of amides is 2. The summed E-state index contributed by atoms with van der Waals surface area (Å²) in [6.45, 7) is 5.69. The zero-order chi connectivity index (χ0) is 19.2. The van der Waals surface area contributed by atoms with E-state index in [1.807, 2.05) is 34.0 Å². The van der Waals surface area contributed by atoms with Crippen LogP contribution < -0.4 is 5.84 Å². The van der Waals surface area contributed by atoms with Gasteiger partial charge in [0.1, 0.15) is 0 Å². The fourth-order valence-electron chi connectivity index (χ4n) is 4.00. The molecule has 0 radical (unpaired) electrons. The molecule has 1 unspecified atom stereocenters. The molecule has 8 heteroatoms. The highest BCUT2D eigenvalue weighted by Gasteiger charge is 2.39. The minimum absolute atomic E-state index is 0.0113. The molecular formula is C19H24N6O2. The summed E-state index contributed by atoms with van der Waals surface area (Å²) in [7, 11) is 0. The van der Waals surface area contributed by atoms with Crippen molar-refractivity contribution < 1.29 is 9.59 Å². The van der Waals surface area contributed by atoms with Crippen molar-refractivity contribution in [3.8, 4) is 5.82 Å². The highest BCUT2D eigenvalue weighted by molar-refractivity contribution is 5.89. The number of nitrogens with zero attached hydrogens (tertiary/aromatic N) is 5. The van der Waals surface area contributed by atoms with E-state index < -0.39 is 0 Å². The molecule has 2 aliphatic rings. The van der Waals surface area contributed by atoms with E-state index in [4.69, 9.17) is 5.84 Å². The first-order valence-electron chi connectivity index (χ1n) is 9.15. The number of hydrazine groups is 1. The molecule has 1 saturated heterocycles. The fraction of sp³-hybridized carbons (Fsp3) is 0.474. The van der Waals surface area contributed by atoms with Gasteiger partial charge in [0.15, 0.2) is 5.82 Å². The lowest BCUT2D eigenvalue weighted by Gasteiger charge is -2.31. The molecule has 0 bridgehead atoms. The second-order valence-corrected chi connectivity index (χ2v) is 8.20. The van der Waals surface area contributed by atoms with Crippen LogP contribution in [-0.4, -0.2) is 49.6 Å². The lowest BCUT2D eigenvalue weighted by Crippen LogP contribution is -2.42. The van der Waals surface area contributed by atoms with Crippen molar-refractivity contribution in [1.29, 1.82) is 0 Å². The summed E-state index contributed by atoms with van der Waals surface area (Å²) in [5.41, 5.74) is 1.98. The molecule has 8 nitrogen and oxygen atoms in total. The number of nitrogens with two attached hydrogens (primary N) is 1. The van der Waals surface area contributed by atoms with Gasteiger partial charge in [-0.2, -0.15) is 5.10 Å². The van der Waals surface area contributed by atoms with Crippen molar-refractivity contribution in [2.24, 2.45) is 17.2 Å². The first kappa shape index (κ1) is 17.7. The van der Waals surface area contributed by atoms with Gasteiger partial charge in [0.2, 0.25) is 11.8 Å². The standard InChI is InChI=1S/C19H24N6O2/c1-19(2)8-15-14(9-22-25(15)16-5-3-4-6-21-16)10-23(12-19)18(27)13-7-17(26)24(20)11-13/h3-6,9,13H,7-8,10-12,20H2,1-2H3. The first-order valence-corrected chi connectivity index (χ1v) is 9.15. The molecule has 0 aromatic carbocycles. The normalized spacial score (nSPS) is 21.9. The fourth-order valence-corrected chi connectivity index (χ4v) is 4.00. The molecule has 1 fully saturated rings. The molecule has 2 aromatic rings. The summed E-state index contributed by atoms with van der Waals surface area (Å²) in [6.07, 6.45) is 4.54. The van der Waals surface area contributed by atoms with Crippen molar-refractivity contribution in [3.63, 3.8) is 0 Å². The van der Waals surface area contributed by atoms with Crippen molar-refractivity contribution in [2.75, 3.05) is 13.1 Å². The molecule has 4 rings (SSSR count). The number of rotatable bonds is 2. The number of aromatic nitrogens is 3. The average Bonchev–Trinajstić information content (AvgIpc) is 3.13. The lowest BCUT2D eigenvalue weighted by atomic mass is 9.87. The Balaban J connectivity index is 1.64. The highest BCUT2D eigenvalue weighted by atomic mass is 16.2. The molecular weight excluding hydrogens is 344 g/mol. The van der Waals surface area contributed by atoms with Crippen LogP contribution in [0, 0.1) is 11.3 Å². The monoisotopic (exact) mass is 368 g/mol. The van der Waals surface area contributed by atoms with Crippen molar-refractivity contribution in [2.45, 2.75) is 33.2 Å². The number of fused-ring (bicyclic) bond motifs is 1. The largest absolute Gasteiger partial charge is 0.337 e. The van der Waals surface area contributed by atoms with Gasteiger partial charge in [-0.15, -0.1) is 0 Å². The van der Waals surface area contributed by atoms with Crippen LogP contribution in [-0.2, 0) is 22.6 Å². The van der Waals surface area contributed by atoms with E-state index in [0.29, 0.717) is 13.1 Å². The third-order valence-electron chi connectivity index (χ3n) is 5.27. The van der Waals surface area contributed by atoms with Gasteiger partial charge in [-0.05, 0) is 24.0 Å². The van der Waals surface area contributed by atoms with Crippen LogP contribution in [0.15, 0.2) is 30.6 Å². The lowest BCUT2D eigenvalue weighted by molar-refractivity contribution is -0.137. The Morgan fingerprint density at radius 1 is 1.33 bits per heavy atom. The van der Waals surface area contributed by atoms with E-state index in [1.54, 1.807) is 6.20 Å². The summed E-state index contributed by atoms with van der Waals surface area (Å²) in [6, 6.07) is 5.73. The van der Waals surface area contributed by atoms with Crippen molar-refractivity contribution >= 4 is 11.8 Å². The van der Waals surface area contributed by atoms with Gasteiger partial charge in [-0.25, -0.2) is 15.5 Å². The third kappa shape index (κ3) is 3.32. The Morgan fingerprint density at radius 3 is 2.81 bits per heavy atom. The van der Waals surface area contributed by atoms with E-state index in [-0.39, 0.29) is 36.1 Å². The second kappa shape index (κ2) is 6.45. The maximum Gasteiger partial charge on any atom is 0.237 e. The quantitative estimate of drug-likeness (QED) is 0.627. The Kier molecular flexibility index (Phi) is 4.22. The van der Waals surface area contributed by atoms with E-state index >= 15 is 0 Å². The van der Waals surface area contributed by atoms with Crippen molar-refractivity contribution in [1.82, 2.24) is 24.7 Å². The molecule has 142 valence electrons. The van der Waals surface area contributed by atoms with Gasteiger partial charge >= 0.3 is 0 Å². The summed E-state index contributed by atoms with van der Waals surface area (Å²) in [5, 5.41) is 5.67. The maximum absolute atomic E-state index is 13.1. The van der Waals surface area contributed by atoms with E-state index in [1.165, 1.54) is 0 Å². The molecule has 2 amide bonds. The van der Waals surface area contributed by atoms with Crippen LogP contribution in [0.25, 0.3) is 5.82 Å². The van der Waals surface area contributed by atoms with E-state index in [0.717, 1.165) is 28.5 Å². The maximum atomic E-state index is 13.1. The molecule has 0 saturated carbocycles. The van der Waals surface area contributed by atoms with Gasteiger partial charge < -0.3 is 4.90 Å². The van der Waals surface area contributed by atoms with Crippen molar-refractivity contribution in [3.05, 3.63) is 41.9 Å². The van der Waals surface area contributed by atoms with Gasteiger partial charge in [0, 0.05) is 37.8 Å². The number of hydrogen-bond acceptors (Lipinski definition) is 5. The number of carbonyl (C=O) groups excluding carboxylic acids is 2. The summed E-state index contributed by atoms with van der Waals surface area (Å²) in [4.78, 5) is 31.1. The Hall–Kier alpha value is -2.74. The van der Waals surface area contributed by atoms with Gasteiger partial charge in [-0.3, -0.25) is 14.6 Å². The summed E-state index contributed by atoms with van der Waals surface area (Å²) in [5.74, 6) is 5.87. The van der Waals surface area contributed by atoms with Gasteiger partial charge in [-0.1, -0.05) is 19.9 Å². The SMILES string of the molecule is CC1(C)Cc2c(cnn2-c2ccccn2)CN(C(=O)C2CC(=O)N(N)C2)C1. The first-order chi connectivity index (χ1) is 12.8. The minimum Gasteiger partial charge on any atom is -0.337 e. The van der Waals surface area contributed by atoms with E-state index in [2.05, 4.69) is 23.9 Å². The van der Waals surface area contributed by atoms with Crippen LogP contribution >= 0.6 is 0 Å². The molecule has 2 N–H and O–H groups in total. The zero-order valence-corrected chi connectivity index (χ0v) is 15.6. The number of hydrogen-bond donors (Lipinski definition) is 1. The van der Waals surface area contributed by atoms with Crippen LogP contribution in [0.5, 0.6) is 0 Å². The second-order valence-electron chi connectivity index (χ2n) is 8.20. The minimum atomic E-state index is -0.370. The van der Waals surface area contributed by atoms with Gasteiger partial charge in [0.25, 0.3) is 0 Å². The predicted octanol–water partition coefficient (Wildman–Crippen LogP) is 0.900. The smallest absolute Gasteiger partial charge is 0.237 e. The Labute approximate surface area is 157 Å².